The first kappa shape index (κ1) is 11.7. The van der Waals surface area contributed by atoms with Gasteiger partial charge < -0.3 is 5.11 Å². The van der Waals surface area contributed by atoms with E-state index in [1.54, 1.807) is 0 Å². The Bertz CT molecular complexity index is 469. The average molecular weight is 245 g/mol. The van der Waals surface area contributed by atoms with Gasteiger partial charge in [0.25, 0.3) is 5.72 Å². The Balaban J connectivity index is 1.94. The van der Waals surface area contributed by atoms with Crippen LogP contribution in [0.3, 0.4) is 0 Å². The van der Waals surface area contributed by atoms with Crippen molar-refractivity contribution in [2.45, 2.75) is 31.4 Å². The van der Waals surface area contributed by atoms with E-state index in [1.165, 1.54) is 25.1 Å². The molecule has 2 heterocycles. The Labute approximate surface area is 108 Å². The van der Waals surface area contributed by atoms with E-state index in [2.05, 4.69) is 9.48 Å². The van der Waals surface area contributed by atoms with Gasteiger partial charge in [-0.1, -0.05) is 30.3 Å². The van der Waals surface area contributed by atoms with Crippen molar-refractivity contribution >= 4 is 5.84 Å². The van der Waals surface area contributed by atoms with Gasteiger partial charge in [-0.15, -0.1) is 0 Å². The Morgan fingerprint density at radius 3 is 2.72 bits per heavy atom. The summed E-state index contributed by atoms with van der Waals surface area (Å²) in [7, 11) is 2.02. The van der Waals surface area contributed by atoms with Crippen molar-refractivity contribution in [1.29, 1.82) is 0 Å². The zero-order chi connectivity index (χ0) is 12.6. The van der Waals surface area contributed by atoms with Crippen LogP contribution in [0.4, 0.5) is 0 Å². The van der Waals surface area contributed by atoms with E-state index in [1.807, 2.05) is 37.4 Å². The van der Waals surface area contributed by atoms with Crippen LogP contribution >= 0.6 is 0 Å². The summed E-state index contributed by atoms with van der Waals surface area (Å²) >= 11 is 0. The lowest BCUT2D eigenvalue weighted by Gasteiger charge is -2.26. The van der Waals surface area contributed by atoms with Crippen molar-refractivity contribution in [2.24, 2.45) is 0 Å². The van der Waals surface area contributed by atoms with Crippen LogP contribution in [0.15, 0.2) is 30.3 Å². The second kappa shape index (κ2) is 4.39. The molecule has 0 aliphatic carbocycles. The fraction of sp³-hybridized carbons (Fsp3) is 0.533. The van der Waals surface area contributed by atoms with E-state index in [9.17, 15) is 5.11 Å². The summed E-state index contributed by atoms with van der Waals surface area (Å²) in [5.41, 5.74) is 0.140. The quantitative estimate of drug-likeness (QED) is 0.763. The van der Waals surface area contributed by atoms with Crippen LogP contribution in [0.25, 0.3) is 0 Å². The predicted octanol–water partition coefficient (Wildman–Crippen LogP) is 1.76. The fourth-order valence-corrected chi connectivity index (χ4v) is 3.18. The summed E-state index contributed by atoms with van der Waals surface area (Å²) in [4.78, 5) is 2.08. The molecular weight excluding hydrogens is 224 g/mol. The van der Waals surface area contributed by atoms with Crippen LogP contribution in [0, 0.1) is 0 Å². The summed E-state index contributed by atoms with van der Waals surface area (Å²) in [5, 5.41) is 11.0. The predicted molar refractivity (Wildman–Crippen MR) is 71.6 cm³/mol. The van der Waals surface area contributed by atoms with Crippen LogP contribution in [0.2, 0.25) is 0 Å². The number of rotatable bonds is 1. The van der Waals surface area contributed by atoms with Crippen molar-refractivity contribution in [3.8, 4) is 0 Å². The molecular formula is C15H21N2O+. The molecule has 0 amide bonds. The smallest absolute Gasteiger partial charge is 0.270 e. The Kier molecular flexibility index (Phi) is 2.86. The fourth-order valence-electron chi connectivity index (χ4n) is 3.18. The molecule has 3 heteroatoms. The number of hydrogen-bond donors (Lipinski definition) is 1. The lowest BCUT2D eigenvalue weighted by atomic mass is 10.0. The SMILES string of the molecule is CN1C2=[N+](CCCCC2)CC1(O)c1ccccc1. The Morgan fingerprint density at radius 1 is 1.17 bits per heavy atom. The number of likely N-dealkylation sites (N-methyl/N-ethyl adjacent to an activating group) is 1. The third kappa shape index (κ3) is 1.74. The van der Waals surface area contributed by atoms with Gasteiger partial charge in [-0.2, -0.15) is 0 Å². The highest BCUT2D eigenvalue weighted by atomic mass is 16.3. The molecule has 0 saturated heterocycles. The van der Waals surface area contributed by atoms with Gasteiger partial charge in [-0.25, -0.2) is 4.90 Å². The molecule has 1 unspecified atom stereocenters. The van der Waals surface area contributed by atoms with Crippen molar-refractivity contribution in [3.63, 3.8) is 0 Å². The van der Waals surface area contributed by atoms with Crippen molar-refractivity contribution in [3.05, 3.63) is 35.9 Å². The minimum Gasteiger partial charge on any atom is -0.346 e. The molecule has 0 spiro atoms. The zero-order valence-corrected chi connectivity index (χ0v) is 11.0. The standard InChI is InChI=1S/C15H21N2O/c1-16-14-10-6-3-7-11-17(14)12-15(16,18)13-8-4-2-5-9-13/h2,4-5,8-9,18H,3,6-7,10-12H2,1H3/q+1. The van der Waals surface area contributed by atoms with Gasteiger partial charge in [0.15, 0.2) is 6.54 Å². The number of aliphatic hydroxyl groups is 1. The molecule has 96 valence electrons. The highest BCUT2D eigenvalue weighted by molar-refractivity contribution is 5.79. The second-order valence-electron chi connectivity index (χ2n) is 5.39. The number of nitrogens with zero attached hydrogens (tertiary/aromatic N) is 2. The van der Waals surface area contributed by atoms with Gasteiger partial charge in [-0.3, -0.25) is 4.58 Å². The second-order valence-corrected chi connectivity index (χ2v) is 5.39. The summed E-state index contributed by atoms with van der Waals surface area (Å²) < 4.78 is 2.36. The van der Waals surface area contributed by atoms with Crippen molar-refractivity contribution in [1.82, 2.24) is 4.90 Å². The Hall–Kier alpha value is -1.35. The number of hydrogen-bond acceptors (Lipinski definition) is 2. The van der Waals surface area contributed by atoms with Gasteiger partial charge in [0.2, 0.25) is 5.84 Å². The Morgan fingerprint density at radius 2 is 1.94 bits per heavy atom. The minimum atomic E-state index is -0.853. The zero-order valence-electron chi connectivity index (χ0n) is 11.0. The van der Waals surface area contributed by atoms with Crippen molar-refractivity contribution < 1.29 is 9.68 Å². The maximum Gasteiger partial charge on any atom is 0.270 e. The van der Waals surface area contributed by atoms with Gasteiger partial charge >= 0.3 is 0 Å². The largest absolute Gasteiger partial charge is 0.346 e. The molecule has 1 atom stereocenters. The maximum absolute atomic E-state index is 11.0. The molecule has 0 fully saturated rings. The highest BCUT2D eigenvalue weighted by Gasteiger charge is 2.50. The first-order valence-electron chi connectivity index (χ1n) is 6.84. The lowest BCUT2D eigenvalue weighted by molar-refractivity contribution is -0.534. The first-order valence-corrected chi connectivity index (χ1v) is 6.84. The van der Waals surface area contributed by atoms with Gasteiger partial charge in [0, 0.05) is 12.0 Å². The van der Waals surface area contributed by atoms with Crippen molar-refractivity contribution in [2.75, 3.05) is 20.1 Å². The van der Waals surface area contributed by atoms with Gasteiger partial charge in [0.05, 0.1) is 13.6 Å². The number of amidine groups is 1. The van der Waals surface area contributed by atoms with Crippen LogP contribution < -0.4 is 0 Å². The van der Waals surface area contributed by atoms with Crippen LogP contribution in [0.5, 0.6) is 0 Å². The molecule has 0 aromatic heterocycles. The summed E-state index contributed by atoms with van der Waals surface area (Å²) in [5.74, 6) is 1.30. The molecule has 1 aromatic rings. The summed E-state index contributed by atoms with van der Waals surface area (Å²) in [6.45, 7) is 1.78. The lowest BCUT2D eigenvalue weighted by Crippen LogP contribution is -2.44. The summed E-state index contributed by atoms with van der Waals surface area (Å²) in [6, 6.07) is 10.0. The molecule has 2 aliphatic rings. The van der Waals surface area contributed by atoms with Crippen LogP contribution in [-0.4, -0.2) is 40.6 Å². The molecule has 0 bridgehead atoms. The summed E-state index contributed by atoms with van der Waals surface area (Å²) in [6.07, 6.45) is 4.87. The maximum atomic E-state index is 11.0. The topological polar surface area (TPSA) is 26.5 Å². The van der Waals surface area contributed by atoms with E-state index in [4.69, 9.17) is 0 Å². The monoisotopic (exact) mass is 245 g/mol. The normalized spacial score (nSPS) is 28.2. The molecule has 18 heavy (non-hydrogen) atoms. The molecule has 3 nitrogen and oxygen atoms in total. The van der Waals surface area contributed by atoms with E-state index in [0.29, 0.717) is 6.54 Å². The molecule has 2 aliphatic heterocycles. The third-order valence-corrected chi connectivity index (χ3v) is 4.28. The minimum absolute atomic E-state index is 0.697. The molecule has 3 rings (SSSR count). The van der Waals surface area contributed by atoms with E-state index in [-0.39, 0.29) is 0 Å². The average Bonchev–Trinajstić information content (AvgIpc) is 2.58. The van der Waals surface area contributed by atoms with Crippen LogP contribution in [-0.2, 0) is 5.72 Å². The van der Waals surface area contributed by atoms with Gasteiger partial charge in [0.1, 0.15) is 0 Å². The molecule has 1 N–H and O–H groups in total. The first-order chi connectivity index (χ1) is 8.72. The molecule has 1 aromatic carbocycles. The molecule has 0 radical (unpaired) electrons. The van der Waals surface area contributed by atoms with E-state index in [0.717, 1.165) is 18.5 Å². The highest BCUT2D eigenvalue weighted by Crippen LogP contribution is 2.31. The molecule has 0 saturated carbocycles. The van der Waals surface area contributed by atoms with Crippen LogP contribution in [0.1, 0.15) is 31.2 Å². The van der Waals surface area contributed by atoms with E-state index < -0.39 is 5.72 Å². The third-order valence-electron chi connectivity index (χ3n) is 4.28. The van der Waals surface area contributed by atoms with Gasteiger partial charge in [-0.05, 0) is 19.3 Å². The number of benzene rings is 1. The van der Waals surface area contributed by atoms with E-state index >= 15 is 0 Å².